The molecule has 4 nitrogen and oxygen atoms in total. The van der Waals surface area contributed by atoms with Gasteiger partial charge in [0.15, 0.2) is 0 Å². The van der Waals surface area contributed by atoms with E-state index in [-0.39, 0.29) is 0 Å². The molecule has 0 radical (unpaired) electrons. The summed E-state index contributed by atoms with van der Waals surface area (Å²) in [5.41, 5.74) is 6.39. The second kappa shape index (κ2) is 6.67. The van der Waals surface area contributed by atoms with Crippen LogP contribution in [0, 0.1) is 0 Å². The number of likely N-dealkylation sites (N-methyl/N-ethyl adjacent to an activating group) is 1. The fourth-order valence-electron chi connectivity index (χ4n) is 1.49. The fraction of sp³-hybridized carbons (Fsp3) is 0.583. The van der Waals surface area contributed by atoms with E-state index in [9.17, 15) is 0 Å². The van der Waals surface area contributed by atoms with Crippen molar-refractivity contribution in [1.82, 2.24) is 9.88 Å². The summed E-state index contributed by atoms with van der Waals surface area (Å²) in [4.78, 5) is 6.46. The van der Waals surface area contributed by atoms with Crippen LogP contribution in [-0.4, -0.2) is 36.1 Å². The second-order valence-corrected chi connectivity index (χ2v) is 4.69. The van der Waals surface area contributed by atoms with Gasteiger partial charge in [0.1, 0.15) is 5.82 Å². The highest BCUT2D eigenvalue weighted by molar-refractivity contribution is 6.30. The molecule has 96 valence electrons. The van der Waals surface area contributed by atoms with E-state index < -0.39 is 0 Å². The molecule has 1 unspecified atom stereocenters. The molecule has 5 heteroatoms. The highest BCUT2D eigenvalue weighted by Crippen LogP contribution is 2.18. The van der Waals surface area contributed by atoms with Crippen molar-refractivity contribution in [1.29, 1.82) is 0 Å². The second-order valence-electron chi connectivity index (χ2n) is 4.26. The average Bonchev–Trinajstić information content (AvgIpc) is 2.30. The van der Waals surface area contributed by atoms with E-state index in [1.807, 2.05) is 0 Å². The van der Waals surface area contributed by atoms with Gasteiger partial charge < -0.3 is 16.0 Å². The maximum absolute atomic E-state index is 5.80. The summed E-state index contributed by atoms with van der Waals surface area (Å²) in [6, 6.07) is 2.29. The van der Waals surface area contributed by atoms with Crippen molar-refractivity contribution < 1.29 is 0 Å². The number of nitrogens with zero attached hydrogens (tertiary/aromatic N) is 2. The molecule has 1 rings (SSSR count). The van der Waals surface area contributed by atoms with Gasteiger partial charge in [0, 0.05) is 25.3 Å². The molecule has 0 aliphatic carbocycles. The largest absolute Gasteiger partial charge is 0.396 e. The first-order chi connectivity index (χ1) is 8.04. The standard InChI is InChI=1S/C12H21ClN4/c1-4-9(2)17(3)6-5-15-12-11(14)7-10(13)8-16-12/h7-9H,4-6,14H2,1-3H3,(H,15,16). The Kier molecular flexibility index (Phi) is 5.51. The van der Waals surface area contributed by atoms with E-state index in [2.05, 4.69) is 36.1 Å². The normalized spacial score (nSPS) is 12.8. The molecule has 0 saturated carbocycles. The fourth-order valence-corrected chi connectivity index (χ4v) is 1.65. The molecule has 0 bridgehead atoms. The van der Waals surface area contributed by atoms with Crippen LogP contribution in [0.2, 0.25) is 5.02 Å². The van der Waals surface area contributed by atoms with E-state index in [1.54, 1.807) is 12.3 Å². The first-order valence-corrected chi connectivity index (χ1v) is 6.27. The SMILES string of the molecule is CCC(C)N(C)CCNc1ncc(Cl)cc1N. The van der Waals surface area contributed by atoms with Gasteiger partial charge in [0.05, 0.1) is 10.7 Å². The third-order valence-electron chi connectivity index (χ3n) is 2.98. The number of nitrogen functional groups attached to an aromatic ring is 1. The maximum Gasteiger partial charge on any atom is 0.149 e. The van der Waals surface area contributed by atoms with Gasteiger partial charge in [-0.25, -0.2) is 4.98 Å². The summed E-state index contributed by atoms with van der Waals surface area (Å²) < 4.78 is 0. The summed E-state index contributed by atoms with van der Waals surface area (Å²) in [5.74, 6) is 0.701. The lowest BCUT2D eigenvalue weighted by atomic mass is 10.2. The molecule has 0 aliphatic heterocycles. The van der Waals surface area contributed by atoms with Crippen LogP contribution >= 0.6 is 11.6 Å². The van der Waals surface area contributed by atoms with Crippen LogP contribution in [0.3, 0.4) is 0 Å². The Hall–Kier alpha value is -1.00. The number of rotatable bonds is 6. The zero-order valence-corrected chi connectivity index (χ0v) is 11.5. The Labute approximate surface area is 108 Å². The third-order valence-corrected chi connectivity index (χ3v) is 3.19. The number of nitrogens with two attached hydrogens (primary N) is 1. The van der Waals surface area contributed by atoms with Crippen LogP contribution in [0.4, 0.5) is 11.5 Å². The lowest BCUT2D eigenvalue weighted by molar-refractivity contribution is 0.261. The van der Waals surface area contributed by atoms with Crippen molar-refractivity contribution in [3.8, 4) is 0 Å². The van der Waals surface area contributed by atoms with Crippen LogP contribution in [0.15, 0.2) is 12.3 Å². The van der Waals surface area contributed by atoms with Gasteiger partial charge in [-0.05, 0) is 26.5 Å². The van der Waals surface area contributed by atoms with Gasteiger partial charge in [0.2, 0.25) is 0 Å². The molecule has 1 heterocycles. The quantitative estimate of drug-likeness (QED) is 0.821. The molecular weight excluding hydrogens is 236 g/mol. The van der Waals surface area contributed by atoms with Crippen molar-refractivity contribution in [2.24, 2.45) is 0 Å². The summed E-state index contributed by atoms with van der Waals surface area (Å²) in [7, 11) is 2.12. The average molecular weight is 257 g/mol. The van der Waals surface area contributed by atoms with E-state index in [0.29, 0.717) is 22.6 Å². The molecule has 17 heavy (non-hydrogen) atoms. The minimum atomic E-state index is 0.560. The molecule has 1 atom stereocenters. The molecule has 3 N–H and O–H groups in total. The highest BCUT2D eigenvalue weighted by atomic mass is 35.5. The molecule has 0 aliphatic rings. The van der Waals surface area contributed by atoms with E-state index >= 15 is 0 Å². The topological polar surface area (TPSA) is 54.2 Å². The monoisotopic (exact) mass is 256 g/mol. The molecule has 0 spiro atoms. The Balaban J connectivity index is 2.40. The molecule has 0 aromatic carbocycles. The number of hydrogen-bond donors (Lipinski definition) is 2. The summed E-state index contributed by atoms with van der Waals surface area (Å²) in [6.45, 7) is 6.18. The first-order valence-electron chi connectivity index (χ1n) is 5.89. The molecule has 0 amide bonds. The number of halogens is 1. The van der Waals surface area contributed by atoms with Gasteiger partial charge in [-0.15, -0.1) is 0 Å². The van der Waals surface area contributed by atoms with Crippen LogP contribution in [-0.2, 0) is 0 Å². The van der Waals surface area contributed by atoms with Crippen molar-refractivity contribution in [3.05, 3.63) is 17.3 Å². The first kappa shape index (κ1) is 14.1. The van der Waals surface area contributed by atoms with Gasteiger partial charge in [-0.1, -0.05) is 18.5 Å². The molecule has 1 aromatic heterocycles. The predicted octanol–water partition coefficient (Wildman–Crippen LogP) is 2.46. The van der Waals surface area contributed by atoms with Crippen LogP contribution < -0.4 is 11.1 Å². The lowest BCUT2D eigenvalue weighted by Crippen LogP contribution is -2.32. The third kappa shape index (κ3) is 4.40. The van der Waals surface area contributed by atoms with Crippen molar-refractivity contribution in [3.63, 3.8) is 0 Å². The minimum absolute atomic E-state index is 0.560. The zero-order chi connectivity index (χ0) is 12.8. The number of anilines is 2. The van der Waals surface area contributed by atoms with Crippen LogP contribution in [0.25, 0.3) is 0 Å². The maximum atomic E-state index is 5.80. The van der Waals surface area contributed by atoms with E-state index in [4.69, 9.17) is 17.3 Å². The highest BCUT2D eigenvalue weighted by Gasteiger charge is 2.06. The molecule has 1 aromatic rings. The molecular formula is C12H21ClN4. The summed E-state index contributed by atoms with van der Waals surface area (Å²) >= 11 is 5.78. The van der Waals surface area contributed by atoms with Crippen molar-refractivity contribution in [2.45, 2.75) is 26.3 Å². The Bertz CT molecular complexity index is 356. The number of nitrogens with one attached hydrogen (secondary N) is 1. The van der Waals surface area contributed by atoms with Crippen molar-refractivity contribution in [2.75, 3.05) is 31.2 Å². The van der Waals surface area contributed by atoms with Crippen molar-refractivity contribution >= 4 is 23.1 Å². The minimum Gasteiger partial charge on any atom is -0.396 e. The number of pyridine rings is 1. The smallest absolute Gasteiger partial charge is 0.149 e. The Morgan fingerprint density at radius 1 is 1.59 bits per heavy atom. The van der Waals surface area contributed by atoms with E-state index in [0.717, 1.165) is 19.5 Å². The van der Waals surface area contributed by atoms with Crippen LogP contribution in [0.1, 0.15) is 20.3 Å². The molecule has 0 saturated heterocycles. The molecule has 0 fully saturated rings. The number of aromatic nitrogens is 1. The summed E-state index contributed by atoms with van der Waals surface area (Å²) in [5, 5.41) is 3.77. The Morgan fingerprint density at radius 3 is 2.88 bits per heavy atom. The van der Waals surface area contributed by atoms with Gasteiger partial charge in [-0.3, -0.25) is 0 Å². The van der Waals surface area contributed by atoms with Crippen LogP contribution in [0.5, 0.6) is 0 Å². The zero-order valence-electron chi connectivity index (χ0n) is 10.7. The van der Waals surface area contributed by atoms with Gasteiger partial charge >= 0.3 is 0 Å². The van der Waals surface area contributed by atoms with Gasteiger partial charge in [-0.2, -0.15) is 0 Å². The van der Waals surface area contributed by atoms with Gasteiger partial charge in [0.25, 0.3) is 0 Å². The van der Waals surface area contributed by atoms with E-state index in [1.165, 1.54) is 0 Å². The lowest BCUT2D eigenvalue weighted by Gasteiger charge is -2.23. The number of hydrogen-bond acceptors (Lipinski definition) is 4. The predicted molar refractivity (Wildman–Crippen MR) is 74.5 cm³/mol. The summed E-state index contributed by atoms with van der Waals surface area (Å²) in [6.07, 6.45) is 2.75. The Morgan fingerprint density at radius 2 is 2.29 bits per heavy atom.